The molecular weight excluding hydrogens is 212 g/mol. The second-order valence-electron chi connectivity index (χ2n) is 2.94. The molecule has 0 aliphatic rings. The first-order valence-electron chi connectivity index (χ1n) is 4.34. The zero-order valence-corrected chi connectivity index (χ0v) is 8.54. The minimum Gasteiger partial charge on any atom is -0.465 e. The largest absolute Gasteiger partial charge is 0.465 e. The van der Waals surface area contributed by atoms with Gasteiger partial charge in [-0.05, 0) is 12.1 Å². The molecule has 0 saturated carbocycles. The number of carbonyl (C=O) groups is 1. The van der Waals surface area contributed by atoms with Crippen molar-refractivity contribution < 1.29 is 14.5 Å². The summed E-state index contributed by atoms with van der Waals surface area (Å²) < 4.78 is 4.51. The maximum Gasteiger partial charge on any atom is 0.337 e. The molecule has 0 fully saturated rings. The van der Waals surface area contributed by atoms with Crippen LogP contribution in [0.3, 0.4) is 0 Å². The summed E-state index contributed by atoms with van der Waals surface area (Å²) in [6.45, 7) is 0. The molecule has 0 amide bonds. The van der Waals surface area contributed by atoms with Gasteiger partial charge in [0.05, 0.1) is 17.6 Å². The van der Waals surface area contributed by atoms with E-state index in [2.05, 4.69) is 4.74 Å². The Balaban J connectivity index is 2.95. The lowest BCUT2D eigenvalue weighted by Crippen LogP contribution is -2.03. The maximum atomic E-state index is 11.1. The van der Waals surface area contributed by atoms with Gasteiger partial charge in [0, 0.05) is 5.56 Å². The average Bonchev–Trinajstić information content (AvgIpc) is 2.27. The van der Waals surface area contributed by atoms with Gasteiger partial charge in [0.15, 0.2) is 0 Å². The fourth-order valence-corrected chi connectivity index (χ4v) is 1.10. The fraction of sp³-hybridized carbons (Fsp3) is 0.100. The predicted molar refractivity (Wildman–Crippen MR) is 56.9 cm³/mol. The molecule has 0 spiro atoms. The molecule has 0 aliphatic carbocycles. The van der Waals surface area contributed by atoms with E-state index in [4.69, 9.17) is 5.73 Å². The van der Waals surface area contributed by atoms with Gasteiger partial charge in [0.25, 0.3) is 6.20 Å². The van der Waals surface area contributed by atoms with E-state index in [0.717, 1.165) is 0 Å². The molecule has 0 aliphatic heterocycles. The van der Waals surface area contributed by atoms with Gasteiger partial charge in [0.1, 0.15) is 5.70 Å². The molecule has 0 unspecified atom stereocenters. The highest BCUT2D eigenvalue weighted by Gasteiger charge is 2.06. The number of rotatable bonds is 3. The highest BCUT2D eigenvalue weighted by Crippen LogP contribution is 2.11. The van der Waals surface area contributed by atoms with Gasteiger partial charge in [-0.3, -0.25) is 10.1 Å². The molecule has 84 valence electrons. The van der Waals surface area contributed by atoms with E-state index in [1.807, 2.05) is 0 Å². The second kappa shape index (κ2) is 4.92. The normalized spacial score (nSPS) is 10.9. The summed E-state index contributed by atoms with van der Waals surface area (Å²) in [6.07, 6.45) is 0.702. The van der Waals surface area contributed by atoms with Crippen molar-refractivity contribution in [1.82, 2.24) is 0 Å². The lowest BCUT2D eigenvalue weighted by Gasteiger charge is -2.01. The zero-order chi connectivity index (χ0) is 12.1. The lowest BCUT2D eigenvalue weighted by atomic mass is 10.1. The Labute approximate surface area is 91.5 Å². The van der Waals surface area contributed by atoms with Crippen LogP contribution in [-0.4, -0.2) is 18.0 Å². The van der Waals surface area contributed by atoms with Gasteiger partial charge in [-0.1, -0.05) is 12.1 Å². The minimum atomic E-state index is -0.635. The van der Waals surface area contributed by atoms with Gasteiger partial charge >= 0.3 is 5.97 Å². The van der Waals surface area contributed by atoms with E-state index >= 15 is 0 Å². The Morgan fingerprint density at radius 3 is 2.31 bits per heavy atom. The number of carbonyl (C=O) groups excluding carboxylic acids is 1. The molecule has 0 saturated heterocycles. The Kier molecular flexibility index (Phi) is 3.60. The van der Waals surface area contributed by atoms with Crippen LogP contribution < -0.4 is 5.73 Å². The Bertz CT molecular complexity index is 437. The van der Waals surface area contributed by atoms with E-state index in [-0.39, 0.29) is 5.70 Å². The molecule has 6 heteroatoms. The van der Waals surface area contributed by atoms with Crippen LogP contribution in [0.4, 0.5) is 0 Å². The van der Waals surface area contributed by atoms with Crippen molar-refractivity contribution in [2.45, 2.75) is 0 Å². The van der Waals surface area contributed by atoms with Crippen molar-refractivity contribution in [2.75, 3.05) is 7.11 Å². The number of nitrogens with two attached hydrogens (primary N) is 1. The summed E-state index contributed by atoms with van der Waals surface area (Å²) in [5.74, 6) is -0.469. The Hall–Kier alpha value is -2.37. The molecule has 1 aromatic carbocycles. The number of hydrogen-bond acceptors (Lipinski definition) is 5. The van der Waals surface area contributed by atoms with Crippen LogP contribution >= 0.6 is 0 Å². The van der Waals surface area contributed by atoms with Crippen molar-refractivity contribution in [3.8, 4) is 0 Å². The summed E-state index contributed by atoms with van der Waals surface area (Å²) >= 11 is 0. The highest BCUT2D eigenvalue weighted by molar-refractivity contribution is 5.89. The van der Waals surface area contributed by atoms with Crippen LogP contribution in [0, 0.1) is 10.1 Å². The van der Waals surface area contributed by atoms with Gasteiger partial charge in [-0.25, -0.2) is 4.79 Å². The SMILES string of the molecule is COC(=O)c1ccc(/C(N)=C/[N+](=O)[O-])cc1. The monoisotopic (exact) mass is 222 g/mol. The van der Waals surface area contributed by atoms with E-state index < -0.39 is 10.9 Å². The smallest absolute Gasteiger partial charge is 0.337 e. The van der Waals surface area contributed by atoms with Crippen LogP contribution in [0.15, 0.2) is 30.5 Å². The zero-order valence-electron chi connectivity index (χ0n) is 8.54. The van der Waals surface area contributed by atoms with Crippen LogP contribution in [0.1, 0.15) is 15.9 Å². The first kappa shape index (κ1) is 11.7. The number of hydrogen-bond donors (Lipinski definition) is 1. The number of methoxy groups -OCH3 is 1. The third kappa shape index (κ3) is 2.81. The fourth-order valence-electron chi connectivity index (χ4n) is 1.10. The minimum absolute atomic E-state index is 0.0291. The molecule has 0 bridgehead atoms. The summed E-state index contributed by atoms with van der Waals surface area (Å²) in [5.41, 5.74) is 6.32. The van der Waals surface area contributed by atoms with Crippen molar-refractivity contribution in [1.29, 1.82) is 0 Å². The molecule has 6 nitrogen and oxygen atoms in total. The second-order valence-corrected chi connectivity index (χ2v) is 2.94. The van der Waals surface area contributed by atoms with Gasteiger partial charge < -0.3 is 10.5 Å². The van der Waals surface area contributed by atoms with E-state index in [1.54, 1.807) is 0 Å². The summed E-state index contributed by atoms with van der Waals surface area (Å²) in [7, 11) is 1.28. The Morgan fingerprint density at radius 2 is 1.88 bits per heavy atom. The van der Waals surface area contributed by atoms with Crippen LogP contribution in [0.2, 0.25) is 0 Å². The maximum absolute atomic E-state index is 11.1. The molecule has 0 heterocycles. The van der Waals surface area contributed by atoms with E-state index in [0.29, 0.717) is 17.3 Å². The quantitative estimate of drug-likeness (QED) is 0.467. The first-order chi connectivity index (χ1) is 7.54. The standard InChI is InChI=1S/C10H10N2O4/c1-16-10(13)8-4-2-7(3-5-8)9(11)6-12(14)15/h2-6H,11H2,1H3/b9-6-. The van der Waals surface area contributed by atoms with Crippen molar-refractivity contribution in [3.63, 3.8) is 0 Å². The van der Waals surface area contributed by atoms with Crippen LogP contribution in [0.25, 0.3) is 5.70 Å². The Morgan fingerprint density at radius 1 is 1.38 bits per heavy atom. The van der Waals surface area contributed by atoms with Crippen molar-refractivity contribution in [2.24, 2.45) is 5.73 Å². The molecule has 0 aromatic heterocycles. The molecule has 0 atom stereocenters. The summed E-state index contributed by atoms with van der Waals surface area (Å²) in [6, 6.07) is 6.01. The van der Waals surface area contributed by atoms with E-state index in [9.17, 15) is 14.9 Å². The highest BCUT2D eigenvalue weighted by atomic mass is 16.6. The predicted octanol–water partition coefficient (Wildman–Crippen LogP) is 1.01. The number of nitro groups is 1. The molecule has 1 aromatic rings. The van der Waals surface area contributed by atoms with Gasteiger partial charge in [-0.15, -0.1) is 0 Å². The van der Waals surface area contributed by atoms with Crippen molar-refractivity contribution >= 4 is 11.7 Å². The van der Waals surface area contributed by atoms with Crippen molar-refractivity contribution in [3.05, 3.63) is 51.7 Å². The van der Waals surface area contributed by atoms with Gasteiger partial charge in [-0.2, -0.15) is 0 Å². The third-order valence-electron chi connectivity index (χ3n) is 1.88. The molecular formula is C10H10N2O4. The molecule has 0 radical (unpaired) electrons. The molecule has 2 N–H and O–H groups in total. The molecule has 16 heavy (non-hydrogen) atoms. The van der Waals surface area contributed by atoms with Crippen LogP contribution in [0.5, 0.6) is 0 Å². The third-order valence-corrected chi connectivity index (χ3v) is 1.88. The summed E-state index contributed by atoms with van der Waals surface area (Å²) in [4.78, 5) is 20.6. The van der Waals surface area contributed by atoms with Gasteiger partial charge in [0.2, 0.25) is 0 Å². The van der Waals surface area contributed by atoms with E-state index in [1.165, 1.54) is 31.4 Å². The first-order valence-corrected chi connectivity index (χ1v) is 4.34. The number of nitrogens with zero attached hydrogens (tertiary/aromatic N) is 1. The van der Waals surface area contributed by atoms with Crippen LogP contribution in [-0.2, 0) is 4.74 Å². The number of esters is 1. The summed E-state index contributed by atoms with van der Waals surface area (Å²) in [5, 5.41) is 10.2. The average molecular weight is 222 g/mol. The number of ether oxygens (including phenoxy) is 1. The topological polar surface area (TPSA) is 95.5 Å². The number of benzene rings is 1. The lowest BCUT2D eigenvalue weighted by molar-refractivity contribution is -0.401. The molecule has 1 rings (SSSR count).